The van der Waals surface area contributed by atoms with Crippen molar-refractivity contribution >= 4 is 5.69 Å². The van der Waals surface area contributed by atoms with E-state index in [-0.39, 0.29) is 0 Å². The molecule has 0 aromatic heterocycles. The topological polar surface area (TPSA) is 26.0 Å². The van der Waals surface area contributed by atoms with Crippen molar-refractivity contribution < 1.29 is 0 Å². The third-order valence-corrected chi connectivity index (χ3v) is 5.21. The first-order valence-electron chi connectivity index (χ1n) is 10.6. The van der Waals surface area contributed by atoms with Gasteiger partial charge in [-0.2, -0.15) is 0 Å². The van der Waals surface area contributed by atoms with Gasteiger partial charge in [-0.3, -0.25) is 0 Å². The summed E-state index contributed by atoms with van der Waals surface area (Å²) in [6.45, 7) is 6.47. The van der Waals surface area contributed by atoms with Gasteiger partial charge < -0.3 is 5.73 Å². The van der Waals surface area contributed by atoms with Crippen molar-refractivity contribution in [3.63, 3.8) is 0 Å². The molecule has 0 unspecified atom stereocenters. The third kappa shape index (κ3) is 5.61. The fourth-order valence-electron chi connectivity index (χ4n) is 3.66. The minimum atomic E-state index is 0.836. The molecule has 2 N–H and O–H groups in total. The smallest absolute Gasteiger partial charge is 0.0320 e. The van der Waals surface area contributed by atoms with Gasteiger partial charge in [0.25, 0.3) is 0 Å². The Morgan fingerprint density at radius 1 is 0.633 bits per heavy atom. The van der Waals surface area contributed by atoms with E-state index in [0.717, 1.165) is 18.5 Å². The van der Waals surface area contributed by atoms with Gasteiger partial charge in [0.05, 0.1) is 0 Å². The van der Waals surface area contributed by atoms with Crippen molar-refractivity contribution in [1.82, 2.24) is 0 Å². The molecular formula is C29H31N. The molecule has 30 heavy (non-hydrogen) atoms. The van der Waals surface area contributed by atoms with Gasteiger partial charge >= 0.3 is 0 Å². The lowest BCUT2D eigenvalue weighted by Gasteiger charge is -2.12. The summed E-state index contributed by atoms with van der Waals surface area (Å²) in [5.41, 5.74) is 15.9. The zero-order valence-corrected chi connectivity index (χ0v) is 18.2. The SMILES string of the molecule is CCCc1ccc(N)cc1-c1ccccc1C.Cc1cccc(-c2ccccc2)c1. The van der Waals surface area contributed by atoms with Gasteiger partial charge in [0.1, 0.15) is 0 Å². The van der Waals surface area contributed by atoms with Crippen LogP contribution in [0.4, 0.5) is 5.69 Å². The first kappa shape index (κ1) is 21.4. The van der Waals surface area contributed by atoms with Crippen molar-refractivity contribution in [3.05, 3.63) is 114 Å². The molecule has 4 aromatic carbocycles. The quantitative estimate of drug-likeness (QED) is 0.351. The van der Waals surface area contributed by atoms with Crippen LogP contribution in [0.5, 0.6) is 0 Å². The Balaban J connectivity index is 0.000000177. The Kier molecular flexibility index (Phi) is 7.45. The normalized spacial score (nSPS) is 10.2. The Bertz CT molecular complexity index is 1080. The van der Waals surface area contributed by atoms with Gasteiger partial charge in [0.15, 0.2) is 0 Å². The maximum atomic E-state index is 5.91. The maximum Gasteiger partial charge on any atom is 0.0320 e. The van der Waals surface area contributed by atoms with Gasteiger partial charge in [-0.25, -0.2) is 0 Å². The highest BCUT2D eigenvalue weighted by Gasteiger charge is 2.07. The lowest BCUT2D eigenvalue weighted by Crippen LogP contribution is -1.94. The van der Waals surface area contributed by atoms with Crippen molar-refractivity contribution in [2.45, 2.75) is 33.6 Å². The van der Waals surface area contributed by atoms with Crippen LogP contribution in [0, 0.1) is 13.8 Å². The predicted octanol–water partition coefficient (Wildman–Crippen LogP) is 7.86. The van der Waals surface area contributed by atoms with Crippen LogP contribution in [0.1, 0.15) is 30.0 Å². The van der Waals surface area contributed by atoms with Crippen molar-refractivity contribution in [3.8, 4) is 22.3 Å². The summed E-state index contributed by atoms with van der Waals surface area (Å²) in [7, 11) is 0. The Morgan fingerprint density at radius 2 is 1.33 bits per heavy atom. The maximum absolute atomic E-state index is 5.91. The molecule has 4 aromatic rings. The summed E-state index contributed by atoms with van der Waals surface area (Å²) >= 11 is 0. The molecule has 0 saturated carbocycles. The van der Waals surface area contributed by atoms with E-state index in [1.165, 1.54) is 38.9 Å². The molecule has 0 radical (unpaired) electrons. The van der Waals surface area contributed by atoms with E-state index in [1.54, 1.807) is 0 Å². The van der Waals surface area contributed by atoms with Crippen molar-refractivity contribution in [2.75, 3.05) is 5.73 Å². The first-order chi connectivity index (χ1) is 14.6. The van der Waals surface area contributed by atoms with Gasteiger partial charge in [-0.15, -0.1) is 0 Å². The Hall–Kier alpha value is -3.32. The van der Waals surface area contributed by atoms with Gasteiger partial charge in [0, 0.05) is 5.69 Å². The third-order valence-electron chi connectivity index (χ3n) is 5.21. The molecule has 0 aliphatic rings. The second-order valence-corrected chi connectivity index (χ2v) is 7.72. The van der Waals surface area contributed by atoms with Gasteiger partial charge in [-0.05, 0) is 65.8 Å². The zero-order chi connectivity index (χ0) is 21.3. The van der Waals surface area contributed by atoms with Crippen LogP contribution in [-0.2, 0) is 6.42 Å². The van der Waals surface area contributed by atoms with Gasteiger partial charge in [0.2, 0.25) is 0 Å². The molecule has 0 bridgehead atoms. The molecule has 0 heterocycles. The van der Waals surface area contributed by atoms with Crippen LogP contribution in [0.3, 0.4) is 0 Å². The summed E-state index contributed by atoms with van der Waals surface area (Å²) in [4.78, 5) is 0. The standard InChI is InChI=1S/C16H19N.C13H12/c1-3-6-13-9-10-14(17)11-16(13)15-8-5-4-7-12(15)2;1-11-6-5-9-13(10-11)12-7-3-2-4-8-12/h4-5,7-11H,3,6,17H2,1-2H3;2-10H,1H3. The summed E-state index contributed by atoms with van der Waals surface area (Å²) in [6.07, 6.45) is 2.26. The number of nitrogens with two attached hydrogens (primary N) is 1. The Labute approximate surface area is 181 Å². The van der Waals surface area contributed by atoms with E-state index < -0.39 is 0 Å². The summed E-state index contributed by atoms with van der Waals surface area (Å²) < 4.78 is 0. The highest BCUT2D eigenvalue weighted by molar-refractivity contribution is 5.73. The Morgan fingerprint density at radius 3 is 2.03 bits per heavy atom. The lowest BCUT2D eigenvalue weighted by atomic mass is 9.93. The summed E-state index contributed by atoms with van der Waals surface area (Å²) in [5.74, 6) is 0. The van der Waals surface area contributed by atoms with E-state index in [9.17, 15) is 0 Å². The second-order valence-electron chi connectivity index (χ2n) is 7.72. The number of anilines is 1. The van der Waals surface area contributed by atoms with Crippen LogP contribution < -0.4 is 5.73 Å². The molecule has 0 aliphatic carbocycles. The predicted molar refractivity (Wildman–Crippen MR) is 132 cm³/mol. The molecule has 0 fully saturated rings. The molecule has 0 atom stereocenters. The summed E-state index contributed by atoms with van der Waals surface area (Å²) in [5, 5.41) is 0. The summed E-state index contributed by atoms with van der Waals surface area (Å²) in [6, 6.07) is 33.7. The molecule has 0 aliphatic heterocycles. The minimum absolute atomic E-state index is 0.836. The molecule has 0 amide bonds. The van der Waals surface area contributed by atoms with Crippen LogP contribution in [0.25, 0.3) is 22.3 Å². The number of rotatable bonds is 4. The molecule has 1 nitrogen and oxygen atoms in total. The molecule has 0 spiro atoms. The van der Waals surface area contributed by atoms with Crippen LogP contribution >= 0.6 is 0 Å². The fraction of sp³-hybridized carbons (Fsp3) is 0.172. The van der Waals surface area contributed by atoms with E-state index in [2.05, 4.69) is 106 Å². The molecular weight excluding hydrogens is 362 g/mol. The number of hydrogen-bond acceptors (Lipinski definition) is 1. The monoisotopic (exact) mass is 393 g/mol. The average Bonchev–Trinajstić information content (AvgIpc) is 2.77. The second kappa shape index (κ2) is 10.5. The largest absolute Gasteiger partial charge is 0.399 e. The van der Waals surface area contributed by atoms with Crippen LogP contribution in [0.2, 0.25) is 0 Å². The first-order valence-corrected chi connectivity index (χ1v) is 10.6. The minimum Gasteiger partial charge on any atom is -0.399 e. The van der Waals surface area contributed by atoms with E-state index >= 15 is 0 Å². The van der Waals surface area contributed by atoms with Crippen LogP contribution in [0.15, 0.2) is 97.1 Å². The highest BCUT2D eigenvalue weighted by atomic mass is 14.5. The van der Waals surface area contributed by atoms with Crippen LogP contribution in [-0.4, -0.2) is 0 Å². The van der Waals surface area contributed by atoms with Gasteiger partial charge in [-0.1, -0.05) is 104 Å². The number of hydrogen-bond donors (Lipinski definition) is 1. The van der Waals surface area contributed by atoms with Crippen molar-refractivity contribution in [1.29, 1.82) is 0 Å². The molecule has 0 saturated heterocycles. The average molecular weight is 394 g/mol. The molecule has 1 heteroatoms. The fourth-order valence-corrected chi connectivity index (χ4v) is 3.66. The number of aryl methyl sites for hydroxylation is 3. The molecule has 152 valence electrons. The van der Waals surface area contributed by atoms with E-state index in [0.29, 0.717) is 0 Å². The lowest BCUT2D eigenvalue weighted by molar-refractivity contribution is 0.923. The number of nitrogen functional groups attached to an aromatic ring is 1. The van der Waals surface area contributed by atoms with E-state index in [4.69, 9.17) is 5.73 Å². The zero-order valence-electron chi connectivity index (χ0n) is 18.2. The highest BCUT2D eigenvalue weighted by Crippen LogP contribution is 2.29. The number of benzene rings is 4. The van der Waals surface area contributed by atoms with Crippen molar-refractivity contribution in [2.24, 2.45) is 0 Å². The van der Waals surface area contributed by atoms with E-state index in [1.807, 2.05) is 12.1 Å². The molecule has 4 rings (SSSR count).